The molecule has 0 aliphatic carbocycles. The van der Waals surface area contributed by atoms with Gasteiger partial charge in [-0.1, -0.05) is 211 Å². The first-order valence-electron chi connectivity index (χ1n) is 31.3. The number of nitrogens with zero attached hydrogens (tertiary/aromatic N) is 4. The molecule has 15 rings (SSSR count). The fourth-order valence-electron chi connectivity index (χ4n) is 13.8. The minimum absolute atomic E-state index is 0.549. The average molecular weight is 1230 g/mol. The number of benzene rings is 13. The summed E-state index contributed by atoms with van der Waals surface area (Å²) >= 11 is 0. The molecule has 0 amide bonds. The van der Waals surface area contributed by atoms with Crippen molar-refractivity contribution in [2.45, 2.75) is 58.7 Å². The summed E-state index contributed by atoms with van der Waals surface area (Å²) in [6.45, 7) is 0. The van der Waals surface area contributed by atoms with Crippen LogP contribution in [-0.2, 0) is 0 Å². The molecule has 13 aromatic carbocycles. The number of aromatic nitrogens is 4. The number of para-hydroxylation sites is 1. The first-order chi connectivity index (χ1) is 45.3. The highest BCUT2D eigenvalue weighted by Crippen LogP contribution is 2.78. The Bertz CT molecular complexity index is 4700. The van der Waals surface area contributed by atoms with Crippen LogP contribution in [0.2, 0.25) is 0 Å². The second kappa shape index (κ2) is 24.6. The molecule has 0 atom stereocenters. The lowest BCUT2D eigenvalue weighted by Crippen LogP contribution is -2.48. The number of hydrogen-bond donors (Lipinski definition) is 0. The van der Waals surface area contributed by atoms with Crippen LogP contribution in [0, 0.1) is 0 Å². The van der Waals surface area contributed by atoms with Gasteiger partial charge in [0, 0.05) is 86.2 Å². The molecule has 11 heteroatoms. The van der Waals surface area contributed by atoms with E-state index < -0.39 is 30.1 Å². The third-order valence-electron chi connectivity index (χ3n) is 18.3. The maximum absolute atomic E-state index is 5.96. The third-order valence-corrected chi connectivity index (χ3v) is 29.9. The van der Waals surface area contributed by atoms with E-state index in [-0.39, 0.29) is 0 Å². The highest BCUT2D eigenvalue weighted by atomic mass is 32.3. The Kier molecular flexibility index (Phi) is 15.6. The van der Waals surface area contributed by atoms with Crippen LogP contribution in [0.4, 0.5) is 0 Å². The van der Waals surface area contributed by atoms with Gasteiger partial charge in [0.25, 0.3) is 0 Å². The Morgan fingerprint density at radius 3 is 0.902 bits per heavy atom. The van der Waals surface area contributed by atoms with Crippen LogP contribution in [0.5, 0.6) is 0 Å². The minimum atomic E-state index is -2.33. The summed E-state index contributed by atoms with van der Waals surface area (Å²) in [6.07, 6.45) is 0. The zero-order valence-corrected chi connectivity index (χ0v) is 54.3. The summed E-state index contributed by atoms with van der Waals surface area (Å²) in [5, 5.41) is 2.37. The lowest BCUT2D eigenvalue weighted by atomic mass is 9.65. The number of fused-ring (bicyclic) bond motifs is 3. The van der Waals surface area contributed by atoms with Crippen LogP contribution in [0.15, 0.2) is 398 Å². The molecule has 0 N–H and O–H groups in total. The van der Waals surface area contributed by atoms with Crippen molar-refractivity contribution in [1.82, 2.24) is 19.5 Å². The second-order valence-corrected chi connectivity index (χ2v) is 32.6. The van der Waals surface area contributed by atoms with Crippen LogP contribution in [0.3, 0.4) is 0 Å². The molecule has 2 heterocycles. The van der Waals surface area contributed by atoms with E-state index in [0.29, 0.717) is 17.6 Å². The van der Waals surface area contributed by atoms with Crippen molar-refractivity contribution in [2.75, 3.05) is 0 Å². The van der Waals surface area contributed by atoms with Crippen molar-refractivity contribution in [1.29, 1.82) is 0 Å². The number of hydrogen-bond acceptors (Lipinski definition) is 3. The van der Waals surface area contributed by atoms with Crippen molar-refractivity contribution < 1.29 is 0 Å². The molecule has 15 aromatic rings. The van der Waals surface area contributed by atoms with Crippen LogP contribution in [0.1, 0.15) is 0 Å². The fraction of sp³-hybridized carbons (Fsp3) is 0. The Morgan fingerprint density at radius 2 is 0.533 bits per heavy atom. The normalized spacial score (nSPS) is 12.4. The van der Waals surface area contributed by atoms with Gasteiger partial charge in [0.15, 0.2) is 11.6 Å². The Morgan fingerprint density at radius 1 is 0.239 bits per heavy atom. The van der Waals surface area contributed by atoms with Gasteiger partial charge >= 0.3 is 0 Å². The summed E-state index contributed by atoms with van der Waals surface area (Å²) in [5.41, 5.74) is 8.90. The summed E-state index contributed by atoms with van der Waals surface area (Å²) in [6, 6.07) is 126. The summed E-state index contributed by atoms with van der Waals surface area (Å²) in [4.78, 5) is 32.2. The standard InChI is InChI=1S/C81H64B4N4S3/c82-74-73-71-51-28-29-52-72(71)89(78(73)77(85)76(84)75(74)83)81-87-79(57-31-30-50-68(53-57)90(59-32-10-1-11-33-59,60-34-12-2-13-35-60)61-36-14-3-15-37-61)86-80(88-81)58-54-69(91(62-38-16-4-17-39-62,63-40-18-5-19-41-63)64-42-20-6-21-43-64)56-70(55-58)92(65-44-22-7-23-45-65,66-46-24-8-25-47-66)67-48-26-9-27-49-67/h1-56H,82-85H2. The topological polar surface area (TPSA) is 43.6 Å². The first-order valence-corrected chi connectivity index (χ1v) is 36.2. The quantitative estimate of drug-likeness (QED) is 0.0961. The van der Waals surface area contributed by atoms with E-state index in [1.54, 1.807) is 0 Å². The SMILES string of the molecule is Bc1c(B)c(B)c2c(c1B)c1ccccc1n2-c1nc(-c2cccc(S(c3ccccc3)(c3ccccc3)c3ccccc3)c2)nc(-c2cc(S(c3ccccc3)(c3ccccc3)c3ccccc3)cc(S(c3ccccc3)(c3ccccc3)c3ccccc3)c2)n1. The molecule has 0 radical (unpaired) electrons. The van der Waals surface area contributed by atoms with Gasteiger partial charge < -0.3 is 0 Å². The molecule has 438 valence electrons. The van der Waals surface area contributed by atoms with E-state index in [0.717, 1.165) is 37.3 Å². The van der Waals surface area contributed by atoms with Crippen molar-refractivity contribution in [2.24, 2.45) is 0 Å². The van der Waals surface area contributed by atoms with E-state index >= 15 is 0 Å². The smallest absolute Gasteiger partial charge is 0.238 e. The van der Waals surface area contributed by atoms with E-state index in [4.69, 9.17) is 15.0 Å². The van der Waals surface area contributed by atoms with Gasteiger partial charge in [-0.2, -0.15) is 9.97 Å². The third kappa shape index (κ3) is 9.68. The summed E-state index contributed by atoms with van der Waals surface area (Å²) < 4.78 is 2.33. The summed E-state index contributed by atoms with van der Waals surface area (Å²) in [5.74, 6) is 1.69. The molecule has 0 spiro atoms. The first kappa shape index (κ1) is 58.4. The molecule has 0 fully saturated rings. The molecule has 0 saturated heterocycles. The largest absolute Gasteiger partial charge is 0.278 e. The molecule has 92 heavy (non-hydrogen) atoms. The maximum Gasteiger partial charge on any atom is 0.238 e. The van der Waals surface area contributed by atoms with Gasteiger partial charge in [-0.05, 0) is 146 Å². The molecular weight excluding hydrogens is 1170 g/mol. The predicted molar refractivity (Wildman–Crippen MR) is 398 cm³/mol. The summed E-state index contributed by atoms with van der Waals surface area (Å²) in [7, 11) is 2.29. The van der Waals surface area contributed by atoms with Gasteiger partial charge in [0.05, 0.1) is 5.52 Å². The van der Waals surface area contributed by atoms with Gasteiger partial charge in [0.2, 0.25) is 5.95 Å². The Labute approximate surface area is 547 Å². The molecule has 0 saturated carbocycles. The van der Waals surface area contributed by atoms with E-state index in [2.05, 4.69) is 376 Å². The van der Waals surface area contributed by atoms with Crippen molar-refractivity contribution in [3.8, 4) is 28.7 Å². The Balaban J connectivity index is 1.11. The molecule has 4 nitrogen and oxygen atoms in total. The highest BCUT2D eigenvalue weighted by molar-refractivity contribution is 8.35. The zero-order chi connectivity index (χ0) is 62.2. The highest BCUT2D eigenvalue weighted by Gasteiger charge is 2.40. The molecule has 2 aromatic heterocycles. The van der Waals surface area contributed by atoms with Crippen molar-refractivity contribution in [3.05, 3.63) is 340 Å². The fourth-order valence-corrected chi connectivity index (χ4v) is 25.6. The Hall–Kier alpha value is -10.0. The molecule has 0 aliphatic heterocycles. The minimum Gasteiger partial charge on any atom is -0.278 e. The van der Waals surface area contributed by atoms with Crippen LogP contribution >= 0.6 is 30.1 Å². The molecule has 0 unspecified atom stereocenters. The van der Waals surface area contributed by atoms with Gasteiger partial charge in [-0.3, -0.25) is 4.57 Å². The van der Waals surface area contributed by atoms with E-state index in [9.17, 15) is 0 Å². The van der Waals surface area contributed by atoms with Gasteiger partial charge in [-0.15, -0.1) is 35.5 Å². The monoisotopic (exact) mass is 1230 g/mol. The molecule has 0 bridgehead atoms. The van der Waals surface area contributed by atoms with Crippen molar-refractivity contribution >= 4 is 105 Å². The average Bonchev–Trinajstić information content (AvgIpc) is 0.980. The van der Waals surface area contributed by atoms with Crippen molar-refractivity contribution in [3.63, 3.8) is 0 Å². The van der Waals surface area contributed by atoms with Crippen LogP contribution in [-0.4, -0.2) is 50.9 Å². The zero-order valence-electron chi connectivity index (χ0n) is 51.8. The number of rotatable bonds is 15. The van der Waals surface area contributed by atoms with E-state index in [1.165, 1.54) is 76.2 Å². The maximum atomic E-state index is 5.96. The van der Waals surface area contributed by atoms with Gasteiger partial charge in [-0.25, -0.2) is 4.98 Å². The lowest BCUT2D eigenvalue weighted by Gasteiger charge is -2.45. The molecular formula is C81H64B4N4S3. The van der Waals surface area contributed by atoms with Crippen LogP contribution < -0.4 is 21.9 Å². The predicted octanol–water partition coefficient (Wildman–Crippen LogP) is 15.4. The van der Waals surface area contributed by atoms with Gasteiger partial charge in [0.1, 0.15) is 31.4 Å². The second-order valence-electron chi connectivity index (χ2n) is 23.2. The van der Waals surface area contributed by atoms with Crippen LogP contribution in [0.25, 0.3) is 50.5 Å². The lowest BCUT2D eigenvalue weighted by molar-refractivity contribution is 0.952. The molecule has 0 aliphatic rings. The van der Waals surface area contributed by atoms with E-state index in [1.807, 2.05) is 0 Å².